The molecule has 1 rings (SSSR count). The lowest BCUT2D eigenvalue weighted by atomic mass is 9.71. The van der Waals surface area contributed by atoms with Crippen LogP contribution in [0.1, 0.15) is 46.5 Å². The molecule has 7 nitrogen and oxygen atoms in total. The Morgan fingerprint density at radius 2 is 1.62 bits per heavy atom. The summed E-state index contributed by atoms with van der Waals surface area (Å²) in [4.78, 5) is 30.7. The molecule has 1 aliphatic rings. The second kappa shape index (κ2) is 8.35. The molecule has 138 valence electrons. The minimum Gasteiger partial charge on any atom is -0.452 e. The third-order valence-electron chi connectivity index (χ3n) is 4.63. The summed E-state index contributed by atoms with van der Waals surface area (Å²) in [5.41, 5.74) is 0.314. The molecule has 0 aromatic rings. The molecule has 0 bridgehead atoms. The number of amides is 3. The molecule has 1 fully saturated rings. The maximum atomic E-state index is 12.2. The predicted octanol–water partition coefficient (Wildman–Crippen LogP) is 2.92. The van der Waals surface area contributed by atoms with E-state index in [4.69, 9.17) is 0 Å². The molecular weight excluding hydrogens is 308 g/mol. The quantitative estimate of drug-likeness (QED) is 0.588. The molecule has 0 saturated heterocycles. The SMILES string of the molecule is COC(=O)N(C)/C(=N/C(=O)NC1CCC(C(C)(C)C)CC1)N(C)C. The topological polar surface area (TPSA) is 74.2 Å². The van der Waals surface area contributed by atoms with Crippen molar-refractivity contribution in [3.8, 4) is 0 Å². The van der Waals surface area contributed by atoms with Gasteiger partial charge in [-0.25, -0.2) is 9.59 Å². The van der Waals surface area contributed by atoms with Gasteiger partial charge in [-0.1, -0.05) is 20.8 Å². The number of hydrogen-bond acceptors (Lipinski definition) is 3. The van der Waals surface area contributed by atoms with Crippen molar-refractivity contribution in [3.05, 3.63) is 0 Å². The number of nitrogens with one attached hydrogen (secondary N) is 1. The van der Waals surface area contributed by atoms with Crippen molar-refractivity contribution < 1.29 is 14.3 Å². The van der Waals surface area contributed by atoms with Crippen molar-refractivity contribution in [2.75, 3.05) is 28.3 Å². The van der Waals surface area contributed by atoms with Crippen molar-refractivity contribution in [3.63, 3.8) is 0 Å². The van der Waals surface area contributed by atoms with Crippen molar-refractivity contribution in [2.24, 2.45) is 16.3 Å². The molecule has 7 heteroatoms. The molecule has 0 aromatic carbocycles. The summed E-state index contributed by atoms with van der Waals surface area (Å²) < 4.78 is 4.67. The summed E-state index contributed by atoms with van der Waals surface area (Å²) in [6.07, 6.45) is 3.59. The number of aliphatic imine (C=N–C) groups is 1. The average molecular weight is 340 g/mol. The molecule has 1 saturated carbocycles. The van der Waals surface area contributed by atoms with Crippen LogP contribution >= 0.6 is 0 Å². The summed E-state index contributed by atoms with van der Waals surface area (Å²) in [5, 5.41) is 2.96. The molecule has 1 aliphatic carbocycles. The van der Waals surface area contributed by atoms with Crippen LogP contribution in [0.4, 0.5) is 9.59 Å². The number of rotatable bonds is 1. The van der Waals surface area contributed by atoms with Gasteiger partial charge in [0, 0.05) is 27.2 Å². The first-order valence-electron chi connectivity index (χ1n) is 8.44. The van der Waals surface area contributed by atoms with E-state index in [1.807, 2.05) is 0 Å². The standard InChI is InChI=1S/C17H32N4O3/c1-17(2,3)12-8-10-13(11-9-12)18-14(22)19-15(20(4)5)21(6)16(23)24-7/h12-13H,8-11H2,1-7H3,(H,18,22)/b19-15+. The molecule has 1 N–H and O–H groups in total. The summed E-state index contributed by atoms with van der Waals surface area (Å²) in [7, 11) is 6.26. The molecule has 0 atom stereocenters. The molecule has 3 amide bonds. The van der Waals surface area contributed by atoms with Gasteiger partial charge in [0.15, 0.2) is 0 Å². The number of nitrogens with zero attached hydrogens (tertiary/aromatic N) is 3. The van der Waals surface area contributed by atoms with E-state index < -0.39 is 12.1 Å². The number of guanidine groups is 1. The second-order valence-corrected chi connectivity index (χ2v) is 7.70. The van der Waals surface area contributed by atoms with Crippen LogP contribution in [-0.2, 0) is 4.74 Å². The highest BCUT2D eigenvalue weighted by Gasteiger charge is 2.30. The Bertz CT molecular complexity index is 475. The van der Waals surface area contributed by atoms with Crippen LogP contribution in [0.15, 0.2) is 4.99 Å². The van der Waals surface area contributed by atoms with Crippen LogP contribution < -0.4 is 5.32 Å². The molecule has 0 aromatic heterocycles. The van der Waals surface area contributed by atoms with E-state index in [0.717, 1.165) is 25.7 Å². The predicted molar refractivity (Wildman–Crippen MR) is 95.0 cm³/mol. The van der Waals surface area contributed by atoms with E-state index in [9.17, 15) is 9.59 Å². The smallest absolute Gasteiger partial charge is 0.416 e. The first-order valence-corrected chi connectivity index (χ1v) is 8.44. The second-order valence-electron chi connectivity index (χ2n) is 7.70. The maximum absolute atomic E-state index is 12.2. The third kappa shape index (κ3) is 5.69. The van der Waals surface area contributed by atoms with Gasteiger partial charge in [-0.3, -0.25) is 4.90 Å². The highest BCUT2D eigenvalue weighted by Crippen LogP contribution is 2.37. The molecular formula is C17H32N4O3. The minimum absolute atomic E-state index is 0.145. The number of carbonyl (C=O) groups is 2. The highest BCUT2D eigenvalue weighted by atomic mass is 16.5. The molecule has 0 unspecified atom stereocenters. The highest BCUT2D eigenvalue weighted by molar-refractivity contribution is 5.99. The van der Waals surface area contributed by atoms with Gasteiger partial charge in [-0.2, -0.15) is 4.99 Å². The molecule has 0 spiro atoms. The van der Waals surface area contributed by atoms with Gasteiger partial charge >= 0.3 is 12.1 Å². The lowest BCUT2D eigenvalue weighted by Gasteiger charge is -2.37. The number of urea groups is 1. The zero-order valence-electron chi connectivity index (χ0n) is 16.0. The Morgan fingerprint density at radius 1 is 1.08 bits per heavy atom. The van der Waals surface area contributed by atoms with Gasteiger partial charge in [0.2, 0.25) is 5.96 Å². The van der Waals surface area contributed by atoms with E-state index in [1.54, 1.807) is 19.0 Å². The Kier molecular flexibility index (Phi) is 7.05. The van der Waals surface area contributed by atoms with Crippen LogP contribution in [0.2, 0.25) is 0 Å². The molecule has 24 heavy (non-hydrogen) atoms. The summed E-state index contributed by atoms with van der Waals surface area (Å²) in [6.45, 7) is 6.81. The zero-order valence-corrected chi connectivity index (χ0v) is 16.0. The van der Waals surface area contributed by atoms with E-state index >= 15 is 0 Å². The van der Waals surface area contributed by atoms with Gasteiger partial charge in [-0.15, -0.1) is 0 Å². The Morgan fingerprint density at radius 3 is 2.04 bits per heavy atom. The number of methoxy groups -OCH3 is 1. The van der Waals surface area contributed by atoms with Gasteiger partial charge in [0.05, 0.1) is 7.11 Å². The summed E-state index contributed by atoms with van der Waals surface area (Å²) >= 11 is 0. The van der Waals surface area contributed by atoms with Crippen molar-refractivity contribution in [2.45, 2.75) is 52.5 Å². The van der Waals surface area contributed by atoms with Crippen LogP contribution in [0, 0.1) is 11.3 Å². The monoisotopic (exact) mass is 340 g/mol. The summed E-state index contributed by atoms with van der Waals surface area (Å²) in [5.74, 6) is 0.930. The van der Waals surface area contributed by atoms with Gasteiger partial charge in [0.25, 0.3) is 0 Å². The maximum Gasteiger partial charge on any atom is 0.416 e. The van der Waals surface area contributed by atoms with Gasteiger partial charge in [-0.05, 0) is 37.0 Å². The first kappa shape index (κ1) is 20.3. The normalized spacial score (nSPS) is 21.9. The Hall–Kier alpha value is -1.79. The van der Waals surface area contributed by atoms with E-state index in [-0.39, 0.29) is 12.0 Å². The Labute approximate surface area is 145 Å². The van der Waals surface area contributed by atoms with Gasteiger partial charge < -0.3 is 15.0 Å². The molecule has 0 aliphatic heterocycles. The number of carbonyl (C=O) groups excluding carboxylic acids is 2. The average Bonchev–Trinajstić information content (AvgIpc) is 2.50. The van der Waals surface area contributed by atoms with Crippen molar-refractivity contribution in [1.82, 2.24) is 15.1 Å². The van der Waals surface area contributed by atoms with Crippen LogP contribution in [0.25, 0.3) is 0 Å². The fourth-order valence-corrected chi connectivity index (χ4v) is 3.10. The van der Waals surface area contributed by atoms with Crippen LogP contribution in [0.3, 0.4) is 0 Å². The Balaban J connectivity index is 2.65. The lowest BCUT2D eigenvalue weighted by Crippen LogP contribution is -2.44. The zero-order chi connectivity index (χ0) is 18.5. The largest absolute Gasteiger partial charge is 0.452 e. The van der Waals surface area contributed by atoms with E-state index in [2.05, 4.69) is 35.8 Å². The van der Waals surface area contributed by atoms with Gasteiger partial charge in [0.1, 0.15) is 0 Å². The van der Waals surface area contributed by atoms with Crippen molar-refractivity contribution >= 4 is 18.1 Å². The minimum atomic E-state index is -0.569. The fourth-order valence-electron chi connectivity index (χ4n) is 3.10. The van der Waals surface area contributed by atoms with E-state index in [0.29, 0.717) is 11.3 Å². The van der Waals surface area contributed by atoms with Crippen molar-refractivity contribution in [1.29, 1.82) is 0 Å². The van der Waals surface area contributed by atoms with E-state index in [1.165, 1.54) is 19.1 Å². The third-order valence-corrected chi connectivity index (χ3v) is 4.63. The number of ether oxygens (including phenoxy) is 1. The fraction of sp³-hybridized carbons (Fsp3) is 0.824. The first-order chi connectivity index (χ1) is 11.1. The molecule has 0 radical (unpaired) electrons. The number of hydrogen-bond donors (Lipinski definition) is 1. The van der Waals surface area contributed by atoms with Crippen LogP contribution in [-0.4, -0.2) is 62.2 Å². The summed E-state index contributed by atoms with van der Waals surface area (Å²) in [6, 6.07) is -0.277. The molecule has 0 heterocycles. The van der Waals surface area contributed by atoms with Crippen LogP contribution in [0.5, 0.6) is 0 Å². The lowest BCUT2D eigenvalue weighted by molar-refractivity contribution is 0.149.